The molecule has 0 unspecified atom stereocenters. The van der Waals surface area contributed by atoms with Gasteiger partial charge in [0.05, 0.1) is 24.4 Å². The minimum Gasteiger partial charge on any atom is -0.456 e. The van der Waals surface area contributed by atoms with Crippen LogP contribution in [0.4, 0.5) is 0 Å². The summed E-state index contributed by atoms with van der Waals surface area (Å²) in [5, 5.41) is 32.9. The normalized spacial score (nSPS) is 37.9. The Bertz CT molecular complexity index is 1490. The summed E-state index contributed by atoms with van der Waals surface area (Å²) in [4.78, 5) is 57.2. The molecule has 4 rings (SSSR count). The Morgan fingerprint density at radius 2 is 1.72 bits per heavy atom. The number of rotatable bonds is 7. The maximum absolute atomic E-state index is 14.1. The summed E-state index contributed by atoms with van der Waals surface area (Å²) >= 11 is 0. The summed E-state index contributed by atoms with van der Waals surface area (Å²) in [5.74, 6) is -5.68. The first-order valence-corrected chi connectivity index (χ1v) is 21.6. The molecular weight excluding hydrogens is 727 g/mol. The lowest BCUT2D eigenvalue weighted by Crippen LogP contribution is -2.60. The highest BCUT2D eigenvalue weighted by Gasteiger charge is 2.53. The first-order valence-electron chi connectivity index (χ1n) is 21.6. The van der Waals surface area contributed by atoms with Gasteiger partial charge in [-0.25, -0.2) is 4.79 Å². The molecule has 0 aromatic rings. The number of aliphatic hydroxyl groups is 3. The van der Waals surface area contributed by atoms with Crippen molar-refractivity contribution in [2.75, 3.05) is 13.7 Å². The molecule has 0 aromatic heterocycles. The molecule has 3 aliphatic heterocycles. The highest BCUT2D eigenvalue weighted by Crippen LogP contribution is 2.37. The zero-order chi connectivity index (χ0) is 41.9. The van der Waals surface area contributed by atoms with Gasteiger partial charge in [-0.2, -0.15) is 0 Å². The van der Waals surface area contributed by atoms with E-state index in [1.165, 1.54) is 4.90 Å². The van der Waals surface area contributed by atoms with E-state index >= 15 is 0 Å². The summed E-state index contributed by atoms with van der Waals surface area (Å²) in [6.07, 6.45) is 16.9. The van der Waals surface area contributed by atoms with E-state index in [1.54, 1.807) is 21.0 Å². The molecule has 10 atom stereocenters. The number of hydrogen-bond acceptors (Lipinski definition) is 10. The summed E-state index contributed by atoms with van der Waals surface area (Å²) in [5.41, 5.74) is 1.56. The first kappa shape index (κ1) is 46.7. The average molecular weight is 798 g/mol. The number of aliphatic hydroxyl groups excluding tert-OH is 2. The highest BCUT2D eigenvalue weighted by molar-refractivity contribution is 6.39. The Morgan fingerprint density at radius 1 is 1.00 bits per heavy atom. The van der Waals surface area contributed by atoms with Crippen molar-refractivity contribution in [3.8, 4) is 0 Å². The number of carbonyl (C=O) groups is 4. The van der Waals surface area contributed by atoms with Gasteiger partial charge in [-0.1, -0.05) is 64.2 Å². The van der Waals surface area contributed by atoms with Crippen LogP contribution in [0.2, 0.25) is 0 Å². The second-order valence-corrected chi connectivity index (χ2v) is 17.7. The number of Topliss-reactive ketones (excluding diaryl/α,β-unsaturated/α-hetero) is 2. The molecule has 0 spiro atoms. The number of nitrogens with zero attached hydrogens (tertiary/aromatic N) is 1. The van der Waals surface area contributed by atoms with Crippen LogP contribution < -0.4 is 0 Å². The Hall–Kier alpha value is -2.96. The third-order valence-electron chi connectivity index (χ3n) is 13.1. The van der Waals surface area contributed by atoms with Crippen LogP contribution in [0.15, 0.2) is 47.6 Å². The van der Waals surface area contributed by atoms with Gasteiger partial charge in [-0.05, 0) is 120 Å². The van der Waals surface area contributed by atoms with Crippen LogP contribution in [-0.2, 0) is 33.4 Å². The minimum absolute atomic E-state index is 0.0153. The fourth-order valence-corrected chi connectivity index (χ4v) is 8.95. The number of allylic oxidation sites excluding steroid dienone is 5. The third-order valence-corrected chi connectivity index (χ3v) is 13.1. The van der Waals surface area contributed by atoms with Crippen LogP contribution >= 0.6 is 0 Å². The molecule has 3 heterocycles. The van der Waals surface area contributed by atoms with E-state index in [0.717, 1.165) is 37.7 Å². The minimum atomic E-state index is -2.38. The van der Waals surface area contributed by atoms with E-state index in [9.17, 15) is 34.5 Å². The van der Waals surface area contributed by atoms with Crippen molar-refractivity contribution in [2.24, 2.45) is 29.6 Å². The molecule has 4 aliphatic rings. The zero-order valence-electron chi connectivity index (χ0n) is 35.6. The second kappa shape index (κ2) is 21.9. The largest absolute Gasteiger partial charge is 0.456 e. The maximum atomic E-state index is 14.1. The van der Waals surface area contributed by atoms with E-state index in [0.29, 0.717) is 56.4 Å². The van der Waals surface area contributed by atoms with Crippen molar-refractivity contribution in [3.63, 3.8) is 0 Å². The van der Waals surface area contributed by atoms with Crippen molar-refractivity contribution in [1.82, 2.24) is 4.90 Å². The summed E-state index contributed by atoms with van der Waals surface area (Å²) in [6.45, 7) is 11.5. The first-order chi connectivity index (χ1) is 27.0. The van der Waals surface area contributed by atoms with Crippen LogP contribution in [-0.4, -0.2) is 99.7 Å². The Balaban J connectivity index is 1.61. The predicted molar refractivity (Wildman–Crippen MR) is 219 cm³/mol. The van der Waals surface area contributed by atoms with Gasteiger partial charge in [-0.15, -0.1) is 0 Å². The molecule has 1 amide bonds. The SMILES string of the molecule is CO[C@H]1C[C@@H]2CC[C@@H](C)[C@@](O)(O2)C(=O)C(=O)N2CCCC[C@H]2C(=O)O[C@H](/C(C)=C/C[C@H](O)[C@H](C)CC2CCC(O)CC2)CC(=O)[C@H](C)C[C@H](C)/C=C/C=C/C=C/1C. The molecule has 3 N–H and O–H groups in total. The van der Waals surface area contributed by atoms with Gasteiger partial charge >= 0.3 is 5.97 Å². The molecule has 0 radical (unpaired) electrons. The van der Waals surface area contributed by atoms with Crippen molar-refractivity contribution in [2.45, 2.75) is 174 Å². The fourth-order valence-electron chi connectivity index (χ4n) is 8.95. The molecule has 1 saturated carbocycles. The molecule has 2 saturated heterocycles. The van der Waals surface area contributed by atoms with E-state index < -0.39 is 53.7 Å². The van der Waals surface area contributed by atoms with Crippen molar-refractivity contribution in [1.29, 1.82) is 0 Å². The summed E-state index contributed by atoms with van der Waals surface area (Å²) < 4.78 is 18.0. The van der Waals surface area contributed by atoms with E-state index in [1.807, 2.05) is 51.2 Å². The lowest BCUT2D eigenvalue weighted by molar-refractivity contribution is -0.265. The quantitative estimate of drug-likeness (QED) is 0.143. The van der Waals surface area contributed by atoms with Gasteiger partial charge in [0.2, 0.25) is 5.79 Å². The van der Waals surface area contributed by atoms with Gasteiger partial charge in [0.15, 0.2) is 0 Å². The standard InChI is InChI=1S/C46H71NO10/c1-29-13-9-8-10-14-30(2)41(55-7)27-37-22-17-34(6)46(54,57-37)43(51)44(52)47-24-12-11-15-38(47)45(53)56-42(28-40(50)32(4)25-29)31(3)16-23-39(49)33(5)26-35-18-20-36(48)21-19-35/h8-10,13-14,16,29,32-39,41-42,48-49,54H,11-12,15,17-28H2,1-7H3/b10-8+,13-9+,30-14+,31-16+/t29-,32-,33-,34-,35?,36?,37+,38+,39+,41+,42+,46-/m1/s1. The Labute approximate surface area is 341 Å². The predicted octanol–water partition coefficient (Wildman–Crippen LogP) is 6.73. The number of amides is 1. The van der Waals surface area contributed by atoms with Crippen LogP contribution in [0, 0.1) is 29.6 Å². The van der Waals surface area contributed by atoms with Crippen molar-refractivity contribution < 1.29 is 48.7 Å². The number of fused-ring (bicyclic) bond motifs is 3. The van der Waals surface area contributed by atoms with Gasteiger partial charge in [0.1, 0.15) is 17.9 Å². The zero-order valence-corrected chi connectivity index (χ0v) is 35.6. The monoisotopic (exact) mass is 798 g/mol. The van der Waals surface area contributed by atoms with Gasteiger partial charge in [0.25, 0.3) is 11.7 Å². The molecule has 11 heteroatoms. The van der Waals surface area contributed by atoms with Gasteiger partial charge in [0, 0.05) is 38.3 Å². The number of carbonyl (C=O) groups excluding carboxylic acids is 4. The third kappa shape index (κ3) is 13.0. The molecule has 3 fully saturated rings. The molecule has 11 nitrogen and oxygen atoms in total. The smallest absolute Gasteiger partial charge is 0.329 e. The Kier molecular flexibility index (Phi) is 17.9. The van der Waals surface area contributed by atoms with E-state index in [2.05, 4.69) is 13.0 Å². The van der Waals surface area contributed by atoms with Gasteiger partial charge < -0.3 is 34.4 Å². The average Bonchev–Trinajstić information content (AvgIpc) is 3.19. The molecule has 1 aliphatic carbocycles. The van der Waals surface area contributed by atoms with Crippen LogP contribution in [0.1, 0.15) is 131 Å². The second-order valence-electron chi connectivity index (χ2n) is 17.7. The number of ketones is 2. The molecule has 2 bridgehead atoms. The van der Waals surface area contributed by atoms with Crippen LogP contribution in [0.3, 0.4) is 0 Å². The van der Waals surface area contributed by atoms with Gasteiger partial charge in [-0.3, -0.25) is 14.4 Å². The topological polar surface area (TPSA) is 160 Å². The summed E-state index contributed by atoms with van der Waals surface area (Å²) in [7, 11) is 1.60. The molecule has 57 heavy (non-hydrogen) atoms. The van der Waals surface area contributed by atoms with E-state index in [4.69, 9.17) is 14.2 Å². The number of esters is 1. The van der Waals surface area contributed by atoms with Crippen molar-refractivity contribution in [3.05, 3.63) is 47.6 Å². The molecule has 0 aromatic carbocycles. The number of piperidine rings is 1. The maximum Gasteiger partial charge on any atom is 0.329 e. The van der Waals surface area contributed by atoms with E-state index in [-0.39, 0.29) is 55.1 Å². The number of ether oxygens (including phenoxy) is 3. The Morgan fingerprint density at radius 3 is 2.42 bits per heavy atom. The molecular formula is C46H71NO10. The lowest BCUT2D eigenvalue weighted by Gasteiger charge is -2.42. The van der Waals surface area contributed by atoms with Crippen molar-refractivity contribution >= 4 is 23.4 Å². The number of hydrogen-bond donors (Lipinski definition) is 3. The number of methoxy groups -OCH3 is 1. The van der Waals surface area contributed by atoms with Crippen LogP contribution in [0.25, 0.3) is 0 Å². The number of cyclic esters (lactones) is 1. The fraction of sp³-hybridized carbons (Fsp3) is 0.739. The lowest BCUT2D eigenvalue weighted by atomic mass is 9.80. The highest BCUT2D eigenvalue weighted by atomic mass is 16.6. The summed E-state index contributed by atoms with van der Waals surface area (Å²) in [6, 6.07) is -1.08. The molecule has 320 valence electrons. The van der Waals surface area contributed by atoms with Crippen LogP contribution in [0.5, 0.6) is 0 Å².